The summed E-state index contributed by atoms with van der Waals surface area (Å²) in [6, 6.07) is 0. The Balaban J connectivity index is 4.03. The van der Waals surface area contributed by atoms with E-state index in [-0.39, 0.29) is 18.6 Å². The van der Waals surface area contributed by atoms with Crippen LogP contribution in [0.25, 0.3) is 0 Å². The number of rotatable bonds is 6. The number of ketones is 1. The van der Waals surface area contributed by atoms with Crippen molar-refractivity contribution in [3.8, 4) is 0 Å². The lowest BCUT2D eigenvalue weighted by molar-refractivity contribution is -0.149. The molecule has 0 unspecified atom stereocenters. The second-order valence-corrected chi connectivity index (χ2v) is 3.21. The van der Waals surface area contributed by atoms with Crippen molar-refractivity contribution in [2.75, 3.05) is 6.61 Å². The Bertz CT molecular complexity index is 278. The van der Waals surface area contributed by atoms with Gasteiger partial charge in [0.05, 0.1) is 6.61 Å². The SMILES string of the molecule is C=C(C)C(=O)OCC[C@@H](C(C)=O)C(=O)O. The van der Waals surface area contributed by atoms with Crippen LogP contribution >= 0.6 is 0 Å². The second-order valence-electron chi connectivity index (χ2n) is 3.21. The smallest absolute Gasteiger partial charge is 0.333 e. The van der Waals surface area contributed by atoms with E-state index in [1.54, 1.807) is 0 Å². The Hall–Kier alpha value is -1.65. The molecule has 0 bridgehead atoms. The van der Waals surface area contributed by atoms with Gasteiger partial charge in [-0.3, -0.25) is 9.59 Å². The number of hydrogen-bond donors (Lipinski definition) is 1. The third-order valence-electron chi connectivity index (χ3n) is 1.78. The summed E-state index contributed by atoms with van der Waals surface area (Å²) in [6.07, 6.45) is -0.0102. The molecule has 0 amide bonds. The molecular formula is C10H14O5. The van der Waals surface area contributed by atoms with Gasteiger partial charge in [0, 0.05) is 12.0 Å². The predicted molar refractivity (Wildman–Crippen MR) is 52.2 cm³/mol. The third kappa shape index (κ3) is 4.95. The lowest BCUT2D eigenvalue weighted by atomic mass is 10.0. The summed E-state index contributed by atoms with van der Waals surface area (Å²) < 4.78 is 4.68. The zero-order valence-electron chi connectivity index (χ0n) is 8.78. The molecule has 1 N–H and O–H groups in total. The van der Waals surface area contributed by atoms with E-state index in [1.165, 1.54) is 13.8 Å². The molecule has 1 atom stereocenters. The van der Waals surface area contributed by atoms with Crippen molar-refractivity contribution in [3.05, 3.63) is 12.2 Å². The Morgan fingerprint density at radius 2 is 1.87 bits per heavy atom. The maximum absolute atomic E-state index is 10.9. The summed E-state index contributed by atoms with van der Waals surface area (Å²) in [4.78, 5) is 32.3. The Morgan fingerprint density at radius 3 is 2.20 bits per heavy atom. The van der Waals surface area contributed by atoms with Gasteiger partial charge in [0.1, 0.15) is 11.7 Å². The monoisotopic (exact) mass is 214 g/mol. The van der Waals surface area contributed by atoms with E-state index in [1.807, 2.05) is 0 Å². The average molecular weight is 214 g/mol. The van der Waals surface area contributed by atoms with E-state index in [2.05, 4.69) is 11.3 Å². The van der Waals surface area contributed by atoms with E-state index in [9.17, 15) is 14.4 Å². The van der Waals surface area contributed by atoms with Gasteiger partial charge in [0.2, 0.25) is 0 Å². The number of carbonyl (C=O) groups is 3. The van der Waals surface area contributed by atoms with Crippen LogP contribution in [0.2, 0.25) is 0 Å². The van der Waals surface area contributed by atoms with Crippen LogP contribution in [0.15, 0.2) is 12.2 Å². The van der Waals surface area contributed by atoms with E-state index in [0.717, 1.165) is 0 Å². The summed E-state index contributed by atoms with van der Waals surface area (Å²) in [5, 5.41) is 8.64. The van der Waals surface area contributed by atoms with Crippen LogP contribution in [-0.4, -0.2) is 29.4 Å². The zero-order valence-corrected chi connectivity index (χ0v) is 8.78. The van der Waals surface area contributed by atoms with Crippen molar-refractivity contribution in [1.29, 1.82) is 0 Å². The van der Waals surface area contributed by atoms with Crippen LogP contribution in [-0.2, 0) is 19.1 Å². The van der Waals surface area contributed by atoms with Crippen molar-refractivity contribution in [2.24, 2.45) is 5.92 Å². The number of carbonyl (C=O) groups excluding carboxylic acids is 2. The molecule has 0 aliphatic carbocycles. The highest BCUT2D eigenvalue weighted by Gasteiger charge is 2.22. The number of hydrogen-bond acceptors (Lipinski definition) is 4. The molecule has 0 aromatic carbocycles. The first-order chi connectivity index (χ1) is 6.86. The van der Waals surface area contributed by atoms with Gasteiger partial charge in [0.15, 0.2) is 0 Å². The minimum Gasteiger partial charge on any atom is -0.481 e. The quantitative estimate of drug-likeness (QED) is 0.401. The van der Waals surface area contributed by atoms with Crippen LogP contribution in [0, 0.1) is 5.92 Å². The number of aliphatic carboxylic acids is 1. The number of carboxylic acid groups (broad SMARTS) is 1. The van der Waals surface area contributed by atoms with Gasteiger partial charge in [-0.05, 0) is 13.8 Å². The maximum Gasteiger partial charge on any atom is 0.333 e. The highest BCUT2D eigenvalue weighted by Crippen LogP contribution is 2.06. The number of esters is 1. The van der Waals surface area contributed by atoms with Crippen LogP contribution < -0.4 is 0 Å². The molecule has 0 aliphatic heterocycles. The number of carboxylic acids is 1. The highest BCUT2D eigenvalue weighted by molar-refractivity contribution is 5.96. The van der Waals surface area contributed by atoms with E-state index in [0.29, 0.717) is 0 Å². The zero-order chi connectivity index (χ0) is 12.0. The van der Waals surface area contributed by atoms with E-state index in [4.69, 9.17) is 5.11 Å². The summed E-state index contributed by atoms with van der Waals surface area (Å²) >= 11 is 0. The fraction of sp³-hybridized carbons (Fsp3) is 0.500. The average Bonchev–Trinajstić information content (AvgIpc) is 2.10. The number of ether oxygens (including phenoxy) is 1. The van der Waals surface area contributed by atoms with E-state index < -0.39 is 23.6 Å². The molecule has 0 aromatic rings. The van der Waals surface area contributed by atoms with Gasteiger partial charge in [-0.15, -0.1) is 0 Å². The molecule has 0 saturated heterocycles. The lowest BCUT2D eigenvalue weighted by Crippen LogP contribution is -2.23. The van der Waals surface area contributed by atoms with Crippen molar-refractivity contribution >= 4 is 17.7 Å². The van der Waals surface area contributed by atoms with Crippen molar-refractivity contribution in [1.82, 2.24) is 0 Å². The molecule has 15 heavy (non-hydrogen) atoms. The van der Waals surface area contributed by atoms with Gasteiger partial charge < -0.3 is 9.84 Å². The Labute approximate surface area is 87.7 Å². The third-order valence-corrected chi connectivity index (χ3v) is 1.78. The minimum atomic E-state index is -1.20. The molecule has 0 heterocycles. The molecule has 0 aromatic heterocycles. The Morgan fingerprint density at radius 1 is 1.33 bits per heavy atom. The lowest BCUT2D eigenvalue weighted by Gasteiger charge is -2.08. The molecule has 0 spiro atoms. The molecule has 5 heteroatoms. The summed E-state index contributed by atoms with van der Waals surface area (Å²) in [5.41, 5.74) is 0.240. The molecule has 5 nitrogen and oxygen atoms in total. The summed E-state index contributed by atoms with van der Waals surface area (Å²) in [7, 11) is 0. The minimum absolute atomic E-state index is 0.0102. The van der Waals surface area contributed by atoms with Crippen LogP contribution in [0.5, 0.6) is 0 Å². The van der Waals surface area contributed by atoms with Crippen LogP contribution in [0.3, 0.4) is 0 Å². The standard InChI is InChI=1S/C10H14O5/c1-6(2)10(14)15-5-4-8(7(3)11)9(12)13/h8H,1,4-5H2,2-3H3,(H,12,13)/t8-/m0/s1. The van der Waals surface area contributed by atoms with Crippen molar-refractivity contribution in [3.63, 3.8) is 0 Å². The normalized spacial score (nSPS) is 11.6. The highest BCUT2D eigenvalue weighted by atomic mass is 16.5. The molecule has 0 fully saturated rings. The molecule has 0 saturated carbocycles. The van der Waals surface area contributed by atoms with Gasteiger partial charge in [-0.25, -0.2) is 4.79 Å². The first-order valence-corrected chi connectivity index (χ1v) is 4.42. The fourth-order valence-corrected chi connectivity index (χ4v) is 0.893. The van der Waals surface area contributed by atoms with Gasteiger partial charge >= 0.3 is 11.9 Å². The predicted octanol–water partition coefficient (Wildman–Crippen LogP) is 0.786. The van der Waals surface area contributed by atoms with Gasteiger partial charge in [-0.2, -0.15) is 0 Å². The number of Topliss-reactive ketones (excluding diaryl/α,β-unsaturated/α-hetero) is 1. The topological polar surface area (TPSA) is 80.7 Å². The summed E-state index contributed by atoms with van der Waals surface area (Å²) in [6.45, 7) is 5.95. The summed E-state index contributed by atoms with van der Waals surface area (Å²) in [5.74, 6) is -3.34. The molecule has 0 rings (SSSR count). The first kappa shape index (κ1) is 13.4. The van der Waals surface area contributed by atoms with Gasteiger partial charge in [0.25, 0.3) is 0 Å². The largest absolute Gasteiger partial charge is 0.481 e. The Kier molecular flexibility index (Phi) is 5.30. The maximum atomic E-state index is 10.9. The van der Waals surface area contributed by atoms with Crippen molar-refractivity contribution in [2.45, 2.75) is 20.3 Å². The first-order valence-electron chi connectivity index (χ1n) is 4.42. The molecular weight excluding hydrogens is 200 g/mol. The fourth-order valence-electron chi connectivity index (χ4n) is 0.893. The van der Waals surface area contributed by atoms with Crippen molar-refractivity contribution < 1.29 is 24.2 Å². The van der Waals surface area contributed by atoms with Gasteiger partial charge in [-0.1, -0.05) is 6.58 Å². The van der Waals surface area contributed by atoms with E-state index >= 15 is 0 Å². The van der Waals surface area contributed by atoms with Crippen LogP contribution in [0.4, 0.5) is 0 Å². The molecule has 0 radical (unpaired) electrons. The second kappa shape index (κ2) is 5.95. The molecule has 0 aliphatic rings. The van der Waals surface area contributed by atoms with Crippen LogP contribution in [0.1, 0.15) is 20.3 Å². The molecule has 84 valence electrons.